The van der Waals surface area contributed by atoms with E-state index >= 15 is 0 Å². The number of fused-ring (bicyclic) bond motifs is 1. The van der Waals surface area contributed by atoms with Crippen molar-refractivity contribution in [3.05, 3.63) is 72.3 Å². The zero-order valence-electron chi connectivity index (χ0n) is 15.5. The molecular formula is C23H21N3O2. The Labute approximate surface area is 164 Å². The number of anilines is 1. The van der Waals surface area contributed by atoms with Crippen LogP contribution in [-0.4, -0.2) is 43.6 Å². The van der Waals surface area contributed by atoms with Crippen LogP contribution in [-0.2, 0) is 4.79 Å². The first kappa shape index (κ1) is 17.9. The van der Waals surface area contributed by atoms with Gasteiger partial charge in [0.15, 0.2) is 6.61 Å². The Kier molecular flexibility index (Phi) is 5.11. The maximum atomic E-state index is 12.6. The zero-order chi connectivity index (χ0) is 19.3. The summed E-state index contributed by atoms with van der Waals surface area (Å²) in [6.45, 7) is 2.69. The molecule has 4 rings (SSSR count). The molecule has 1 fully saturated rings. The van der Waals surface area contributed by atoms with Gasteiger partial charge in [0.25, 0.3) is 5.91 Å². The van der Waals surface area contributed by atoms with Gasteiger partial charge >= 0.3 is 0 Å². The van der Waals surface area contributed by atoms with Gasteiger partial charge < -0.3 is 14.5 Å². The second kappa shape index (κ2) is 8.01. The molecule has 0 saturated carbocycles. The number of hydrogen-bond donors (Lipinski definition) is 0. The van der Waals surface area contributed by atoms with Crippen LogP contribution < -0.4 is 9.64 Å². The molecule has 1 saturated heterocycles. The Bertz CT molecular complexity index is 1030. The van der Waals surface area contributed by atoms with Crippen molar-refractivity contribution in [2.45, 2.75) is 0 Å². The summed E-state index contributed by atoms with van der Waals surface area (Å²) in [5, 5.41) is 11.4. The van der Waals surface area contributed by atoms with Crippen LogP contribution in [0, 0.1) is 11.3 Å². The van der Waals surface area contributed by atoms with Gasteiger partial charge in [0.05, 0.1) is 11.3 Å². The van der Waals surface area contributed by atoms with Gasteiger partial charge in [0.2, 0.25) is 0 Å². The van der Waals surface area contributed by atoms with E-state index in [1.165, 1.54) is 0 Å². The SMILES string of the molecule is N#Cc1ccccc1N1CCN(C(=O)COc2cccc3ccccc23)CC1. The van der Waals surface area contributed by atoms with Crippen molar-refractivity contribution < 1.29 is 9.53 Å². The van der Waals surface area contributed by atoms with E-state index in [0.717, 1.165) is 22.2 Å². The minimum Gasteiger partial charge on any atom is -0.483 e. The molecule has 0 unspecified atom stereocenters. The molecule has 0 atom stereocenters. The van der Waals surface area contributed by atoms with Gasteiger partial charge in [-0.15, -0.1) is 0 Å². The lowest BCUT2D eigenvalue weighted by molar-refractivity contribution is -0.133. The molecule has 28 heavy (non-hydrogen) atoms. The van der Waals surface area contributed by atoms with Crippen LogP contribution in [0.4, 0.5) is 5.69 Å². The molecule has 1 heterocycles. The van der Waals surface area contributed by atoms with Crippen LogP contribution in [0.2, 0.25) is 0 Å². The topological polar surface area (TPSA) is 56.6 Å². The molecule has 140 valence electrons. The van der Waals surface area contributed by atoms with Gasteiger partial charge in [-0.05, 0) is 23.6 Å². The van der Waals surface area contributed by atoms with Crippen LogP contribution in [0.15, 0.2) is 66.7 Å². The molecule has 0 radical (unpaired) electrons. The molecule has 1 amide bonds. The number of hydrogen-bond acceptors (Lipinski definition) is 4. The largest absolute Gasteiger partial charge is 0.483 e. The van der Waals surface area contributed by atoms with Gasteiger partial charge in [-0.1, -0.05) is 48.5 Å². The number of piperazine rings is 1. The maximum Gasteiger partial charge on any atom is 0.260 e. The molecule has 0 spiro atoms. The van der Waals surface area contributed by atoms with E-state index < -0.39 is 0 Å². The Morgan fingerprint density at radius 1 is 0.929 bits per heavy atom. The summed E-state index contributed by atoms with van der Waals surface area (Å²) in [5.41, 5.74) is 1.60. The number of amides is 1. The second-order valence-electron chi connectivity index (χ2n) is 6.76. The molecule has 0 aromatic heterocycles. The number of nitriles is 1. The fourth-order valence-corrected chi connectivity index (χ4v) is 3.59. The smallest absolute Gasteiger partial charge is 0.260 e. The van der Waals surface area contributed by atoms with Gasteiger partial charge in [0, 0.05) is 31.6 Å². The summed E-state index contributed by atoms with van der Waals surface area (Å²) in [5.74, 6) is 0.717. The normalized spacial score (nSPS) is 14.0. The minimum atomic E-state index is -0.0128. The highest BCUT2D eigenvalue weighted by atomic mass is 16.5. The predicted molar refractivity (Wildman–Crippen MR) is 109 cm³/mol. The maximum absolute atomic E-state index is 12.6. The molecule has 0 aliphatic carbocycles. The summed E-state index contributed by atoms with van der Waals surface area (Å²) in [6, 6.07) is 23.7. The van der Waals surface area contributed by atoms with Crippen molar-refractivity contribution in [1.82, 2.24) is 4.90 Å². The quantitative estimate of drug-likeness (QED) is 0.705. The van der Waals surface area contributed by atoms with Gasteiger partial charge in [-0.3, -0.25) is 4.79 Å². The molecular weight excluding hydrogens is 350 g/mol. The van der Waals surface area contributed by atoms with E-state index in [1.54, 1.807) is 0 Å². The van der Waals surface area contributed by atoms with Crippen molar-refractivity contribution >= 4 is 22.4 Å². The Morgan fingerprint density at radius 2 is 1.64 bits per heavy atom. The molecule has 3 aromatic carbocycles. The molecule has 0 bridgehead atoms. The summed E-state index contributed by atoms with van der Waals surface area (Å²) < 4.78 is 5.83. The van der Waals surface area contributed by atoms with E-state index in [4.69, 9.17) is 4.74 Å². The number of ether oxygens (including phenoxy) is 1. The number of para-hydroxylation sites is 1. The average Bonchev–Trinajstić information content (AvgIpc) is 2.77. The monoisotopic (exact) mass is 371 g/mol. The molecule has 5 heteroatoms. The number of carbonyl (C=O) groups excluding carboxylic acids is 1. The van der Waals surface area contributed by atoms with Crippen LogP contribution in [0.3, 0.4) is 0 Å². The van der Waals surface area contributed by atoms with Crippen molar-refractivity contribution in [3.63, 3.8) is 0 Å². The standard InChI is InChI=1S/C23H21N3O2/c24-16-19-7-2-4-10-21(19)25-12-14-26(15-13-25)23(27)17-28-22-11-5-8-18-6-1-3-9-20(18)22/h1-11H,12-15,17H2. The van der Waals surface area contributed by atoms with E-state index in [-0.39, 0.29) is 12.5 Å². The number of carbonyl (C=O) groups is 1. The first-order valence-corrected chi connectivity index (χ1v) is 9.38. The van der Waals surface area contributed by atoms with Gasteiger partial charge in [-0.2, -0.15) is 5.26 Å². The van der Waals surface area contributed by atoms with Crippen LogP contribution in [0.1, 0.15) is 5.56 Å². The first-order valence-electron chi connectivity index (χ1n) is 9.38. The van der Waals surface area contributed by atoms with E-state index in [2.05, 4.69) is 11.0 Å². The fraction of sp³-hybridized carbons (Fsp3) is 0.217. The highest BCUT2D eigenvalue weighted by molar-refractivity contribution is 5.88. The summed E-state index contributed by atoms with van der Waals surface area (Å²) in [7, 11) is 0. The number of benzene rings is 3. The summed E-state index contributed by atoms with van der Waals surface area (Å²) in [4.78, 5) is 16.6. The first-order chi connectivity index (χ1) is 13.8. The van der Waals surface area contributed by atoms with Crippen LogP contribution >= 0.6 is 0 Å². The van der Waals surface area contributed by atoms with E-state index in [9.17, 15) is 10.1 Å². The summed E-state index contributed by atoms with van der Waals surface area (Å²) >= 11 is 0. The lowest BCUT2D eigenvalue weighted by Gasteiger charge is -2.36. The molecule has 3 aromatic rings. The lowest BCUT2D eigenvalue weighted by atomic mass is 10.1. The van der Waals surface area contributed by atoms with Crippen molar-refractivity contribution in [2.24, 2.45) is 0 Å². The van der Waals surface area contributed by atoms with Gasteiger partial charge in [-0.25, -0.2) is 0 Å². The fourth-order valence-electron chi connectivity index (χ4n) is 3.59. The van der Waals surface area contributed by atoms with Crippen molar-refractivity contribution in [1.29, 1.82) is 5.26 Å². The highest BCUT2D eigenvalue weighted by Crippen LogP contribution is 2.25. The van der Waals surface area contributed by atoms with Crippen molar-refractivity contribution in [3.8, 4) is 11.8 Å². The van der Waals surface area contributed by atoms with Gasteiger partial charge in [0.1, 0.15) is 11.8 Å². The molecule has 0 N–H and O–H groups in total. The zero-order valence-corrected chi connectivity index (χ0v) is 15.5. The third-order valence-corrected chi connectivity index (χ3v) is 5.10. The van der Waals surface area contributed by atoms with Crippen molar-refractivity contribution in [2.75, 3.05) is 37.7 Å². The summed E-state index contributed by atoms with van der Waals surface area (Å²) in [6.07, 6.45) is 0. The average molecular weight is 371 g/mol. The molecule has 5 nitrogen and oxygen atoms in total. The van der Waals surface area contributed by atoms with Crippen LogP contribution in [0.25, 0.3) is 10.8 Å². The second-order valence-corrected chi connectivity index (χ2v) is 6.76. The number of nitrogens with zero attached hydrogens (tertiary/aromatic N) is 3. The minimum absolute atomic E-state index is 0.0128. The van der Waals surface area contributed by atoms with E-state index in [0.29, 0.717) is 31.7 Å². The Balaban J connectivity index is 1.36. The Hall–Kier alpha value is -3.52. The lowest BCUT2D eigenvalue weighted by Crippen LogP contribution is -2.50. The molecule has 1 aliphatic rings. The third kappa shape index (κ3) is 3.63. The van der Waals surface area contributed by atoms with Crippen LogP contribution in [0.5, 0.6) is 5.75 Å². The molecule has 1 aliphatic heterocycles. The third-order valence-electron chi connectivity index (χ3n) is 5.10. The number of rotatable bonds is 4. The van der Waals surface area contributed by atoms with E-state index in [1.807, 2.05) is 71.6 Å². The highest BCUT2D eigenvalue weighted by Gasteiger charge is 2.23. The Morgan fingerprint density at radius 3 is 2.46 bits per heavy atom. The predicted octanol–water partition coefficient (Wildman–Crippen LogP) is 3.44.